The van der Waals surface area contributed by atoms with Crippen molar-refractivity contribution in [3.63, 3.8) is 0 Å². The van der Waals surface area contributed by atoms with E-state index in [0.717, 1.165) is 71.9 Å². The molecule has 7 nitrogen and oxygen atoms in total. The monoisotopic (exact) mass is 409 g/mol. The molecule has 1 atom stereocenters. The maximum Gasteiger partial charge on any atom is 0.214 e. The van der Waals surface area contributed by atoms with Crippen LogP contribution in [0.25, 0.3) is 16.2 Å². The highest BCUT2D eigenvalue weighted by Crippen LogP contribution is 2.33. The van der Waals surface area contributed by atoms with E-state index >= 15 is 0 Å². The Morgan fingerprint density at radius 2 is 1.97 bits per heavy atom. The van der Waals surface area contributed by atoms with Gasteiger partial charge in [0.05, 0.1) is 11.9 Å². The largest absolute Gasteiger partial charge is 0.346 e. The van der Waals surface area contributed by atoms with E-state index in [0.29, 0.717) is 5.92 Å². The van der Waals surface area contributed by atoms with Gasteiger partial charge in [-0.05, 0) is 43.5 Å². The SMILES string of the molecule is Fc1ccc(-c2cn3nc(N4CCCC(c5nnc6n5CCC6)C4)sc3n2)cc1. The van der Waals surface area contributed by atoms with Crippen molar-refractivity contribution in [2.45, 2.75) is 38.1 Å². The first-order chi connectivity index (χ1) is 14.2. The predicted octanol–water partition coefficient (Wildman–Crippen LogP) is 3.52. The number of anilines is 1. The standard InChI is InChI=1S/C20H20FN7S/c21-15-7-5-13(6-8-15)16-12-28-19(22-16)29-20(25-28)26-9-1-3-14(11-26)18-24-23-17-4-2-10-27(17)18/h5-8,12,14H,1-4,9-11H2. The molecular weight excluding hydrogens is 389 g/mol. The van der Waals surface area contributed by atoms with Crippen molar-refractivity contribution in [2.24, 2.45) is 0 Å². The van der Waals surface area contributed by atoms with Crippen molar-refractivity contribution < 1.29 is 4.39 Å². The molecule has 2 aliphatic heterocycles. The Bertz CT molecular complexity index is 1140. The molecule has 2 aliphatic rings. The summed E-state index contributed by atoms with van der Waals surface area (Å²) < 4.78 is 17.3. The molecule has 29 heavy (non-hydrogen) atoms. The number of aryl methyl sites for hydroxylation is 1. The predicted molar refractivity (Wildman–Crippen MR) is 109 cm³/mol. The number of benzene rings is 1. The molecule has 1 fully saturated rings. The van der Waals surface area contributed by atoms with Crippen LogP contribution < -0.4 is 4.90 Å². The summed E-state index contributed by atoms with van der Waals surface area (Å²) in [5, 5.41) is 14.6. The molecule has 3 aromatic heterocycles. The smallest absolute Gasteiger partial charge is 0.214 e. The van der Waals surface area contributed by atoms with E-state index in [9.17, 15) is 4.39 Å². The highest BCUT2D eigenvalue weighted by molar-refractivity contribution is 7.20. The van der Waals surface area contributed by atoms with Crippen molar-refractivity contribution in [2.75, 3.05) is 18.0 Å². The van der Waals surface area contributed by atoms with Gasteiger partial charge in [-0.15, -0.1) is 15.3 Å². The number of hydrogen-bond acceptors (Lipinski definition) is 6. The van der Waals surface area contributed by atoms with E-state index in [4.69, 9.17) is 5.10 Å². The van der Waals surface area contributed by atoms with Gasteiger partial charge in [0, 0.05) is 37.5 Å². The Morgan fingerprint density at radius 1 is 1.07 bits per heavy atom. The van der Waals surface area contributed by atoms with Crippen LogP contribution in [0.1, 0.15) is 36.8 Å². The van der Waals surface area contributed by atoms with Crippen LogP contribution in [0, 0.1) is 5.82 Å². The summed E-state index contributed by atoms with van der Waals surface area (Å²) in [6.45, 7) is 2.96. The molecule has 0 bridgehead atoms. The van der Waals surface area contributed by atoms with Crippen LogP contribution in [0.3, 0.4) is 0 Å². The highest BCUT2D eigenvalue weighted by Gasteiger charge is 2.29. The minimum atomic E-state index is -0.242. The zero-order valence-electron chi connectivity index (χ0n) is 15.8. The second-order valence-electron chi connectivity index (χ2n) is 7.76. The van der Waals surface area contributed by atoms with Gasteiger partial charge in [-0.1, -0.05) is 11.3 Å². The number of piperidine rings is 1. The van der Waals surface area contributed by atoms with Gasteiger partial charge in [0.15, 0.2) is 0 Å². The fraction of sp³-hybridized carbons (Fsp3) is 0.400. The summed E-state index contributed by atoms with van der Waals surface area (Å²) in [6.07, 6.45) is 6.40. The highest BCUT2D eigenvalue weighted by atomic mass is 32.1. The molecule has 0 aliphatic carbocycles. The molecule has 1 unspecified atom stereocenters. The van der Waals surface area contributed by atoms with Gasteiger partial charge in [0.1, 0.15) is 17.5 Å². The Morgan fingerprint density at radius 3 is 2.83 bits per heavy atom. The average molecular weight is 409 g/mol. The maximum absolute atomic E-state index is 13.2. The Hall–Kier alpha value is -2.81. The van der Waals surface area contributed by atoms with E-state index in [-0.39, 0.29) is 5.82 Å². The number of hydrogen-bond donors (Lipinski definition) is 0. The first-order valence-corrected chi connectivity index (χ1v) is 10.9. The van der Waals surface area contributed by atoms with Crippen molar-refractivity contribution in [1.29, 1.82) is 0 Å². The number of imidazole rings is 1. The first-order valence-electron chi connectivity index (χ1n) is 10.0. The lowest BCUT2D eigenvalue weighted by Gasteiger charge is -2.31. The molecule has 0 saturated carbocycles. The van der Waals surface area contributed by atoms with Gasteiger partial charge < -0.3 is 9.47 Å². The Balaban J connectivity index is 1.25. The van der Waals surface area contributed by atoms with Crippen LogP contribution in [-0.2, 0) is 13.0 Å². The molecule has 148 valence electrons. The molecule has 1 saturated heterocycles. The summed E-state index contributed by atoms with van der Waals surface area (Å²) in [5.74, 6) is 2.43. The van der Waals surface area contributed by atoms with E-state index in [2.05, 4.69) is 24.6 Å². The molecule has 0 N–H and O–H groups in total. The van der Waals surface area contributed by atoms with Gasteiger partial charge >= 0.3 is 0 Å². The van der Waals surface area contributed by atoms with Crippen molar-refractivity contribution in [1.82, 2.24) is 29.4 Å². The van der Waals surface area contributed by atoms with Crippen molar-refractivity contribution >= 4 is 21.4 Å². The van der Waals surface area contributed by atoms with Crippen LogP contribution in [0.15, 0.2) is 30.5 Å². The van der Waals surface area contributed by atoms with Crippen LogP contribution in [0.5, 0.6) is 0 Å². The number of aromatic nitrogens is 6. The molecular formula is C20H20FN7S. The molecule has 4 aromatic rings. The minimum Gasteiger partial charge on any atom is -0.346 e. The summed E-state index contributed by atoms with van der Waals surface area (Å²) in [4.78, 5) is 7.89. The molecule has 0 spiro atoms. The minimum absolute atomic E-state index is 0.242. The Kier molecular flexibility index (Phi) is 3.90. The summed E-state index contributed by atoms with van der Waals surface area (Å²) >= 11 is 1.60. The molecule has 0 amide bonds. The zero-order valence-corrected chi connectivity index (χ0v) is 16.6. The fourth-order valence-electron chi connectivity index (χ4n) is 4.41. The van der Waals surface area contributed by atoms with Gasteiger partial charge in [0.2, 0.25) is 10.1 Å². The number of nitrogens with zero attached hydrogens (tertiary/aromatic N) is 7. The maximum atomic E-state index is 13.2. The van der Waals surface area contributed by atoms with Crippen LogP contribution in [-0.4, -0.2) is 42.5 Å². The van der Waals surface area contributed by atoms with E-state index < -0.39 is 0 Å². The number of fused-ring (bicyclic) bond motifs is 2. The Labute approximate surface area is 170 Å². The van der Waals surface area contributed by atoms with E-state index in [1.807, 2.05) is 10.7 Å². The third-order valence-corrected chi connectivity index (χ3v) is 6.85. The number of rotatable bonds is 3. The molecule has 0 radical (unpaired) electrons. The van der Waals surface area contributed by atoms with Crippen LogP contribution >= 0.6 is 11.3 Å². The summed E-state index contributed by atoms with van der Waals surface area (Å²) in [5.41, 5.74) is 1.70. The van der Waals surface area contributed by atoms with E-state index in [1.165, 1.54) is 18.6 Å². The van der Waals surface area contributed by atoms with Gasteiger partial charge in [-0.25, -0.2) is 13.9 Å². The average Bonchev–Trinajstić information content (AvgIpc) is 3.48. The van der Waals surface area contributed by atoms with Gasteiger partial charge in [-0.3, -0.25) is 0 Å². The van der Waals surface area contributed by atoms with Gasteiger partial charge in [0.25, 0.3) is 0 Å². The lowest BCUT2D eigenvalue weighted by atomic mass is 9.97. The molecule has 9 heteroatoms. The second-order valence-corrected chi connectivity index (χ2v) is 8.69. The summed E-state index contributed by atoms with van der Waals surface area (Å²) in [6, 6.07) is 6.40. The van der Waals surface area contributed by atoms with E-state index in [1.54, 1.807) is 23.5 Å². The third kappa shape index (κ3) is 2.91. The quantitative estimate of drug-likeness (QED) is 0.518. The fourth-order valence-corrected chi connectivity index (χ4v) is 5.33. The second kappa shape index (κ2) is 6.62. The number of halogens is 1. The zero-order chi connectivity index (χ0) is 19.4. The summed E-state index contributed by atoms with van der Waals surface area (Å²) in [7, 11) is 0. The topological polar surface area (TPSA) is 64.1 Å². The lowest BCUT2D eigenvalue weighted by Crippen LogP contribution is -2.35. The third-order valence-electron chi connectivity index (χ3n) is 5.87. The van der Waals surface area contributed by atoms with Crippen LogP contribution in [0.4, 0.5) is 9.52 Å². The van der Waals surface area contributed by atoms with Crippen LogP contribution in [0.2, 0.25) is 0 Å². The molecule has 5 heterocycles. The molecule has 1 aromatic carbocycles. The lowest BCUT2D eigenvalue weighted by molar-refractivity contribution is 0.472. The normalized spacial score (nSPS) is 19.2. The van der Waals surface area contributed by atoms with Crippen molar-refractivity contribution in [3.05, 3.63) is 47.9 Å². The molecule has 6 rings (SSSR count). The first kappa shape index (κ1) is 17.1. The van der Waals surface area contributed by atoms with Gasteiger partial charge in [-0.2, -0.15) is 0 Å². The van der Waals surface area contributed by atoms with Crippen molar-refractivity contribution in [3.8, 4) is 11.3 Å².